The molecule has 2 rings (SSSR count). The van der Waals surface area contributed by atoms with Gasteiger partial charge < -0.3 is 15.0 Å². The van der Waals surface area contributed by atoms with E-state index in [0.717, 1.165) is 5.56 Å². The molecule has 1 heterocycles. The van der Waals surface area contributed by atoms with Crippen molar-refractivity contribution in [2.75, 3.05) is 26.2 Å². The minimum absolute atomic E-state index is 0.0590. The van der Waals surface area contributed by atoms with Crippen molar-refractivity contribution in [2.24, 2.45) is 5.92 Å². The van der Waals surface area contributed by atoms with E-state index in [-0.39, 0.29) is 23.4 Å². The van der Waals surface area contributed by atoms with E-state index in [1.807, 2.05) is 30.3 Å². The van der Waals surface area contributed by atoms with Crippen LogP contribution in [-0.4, -0.2) is 43.0 Å². The summed E-state index contributed by atoms with van der Waals surface area (Å²) >= 11 is 6.11. The molecule has 1 N–H and O–H groups in total. The summed E-state index contributed by atoms with van der Waals surface area (Å²) in [6.45, 7) is 3.59. The van der Waals surface area contributed by atoms with Crippen LogP contribution in [0.4, 0.5) is 0 Å². The zero-order chi connectivity index (χ0) is 19.6. The molecule has 1 aliphatic rings. The van der Waals surface area contributed by atoms with Gasteiger partial charge in [-0.3, -0.25) is 9.59 Å². The molecule has 0 aliphatic carbocycles. The van der Waals surface area contributed by atoms with Crippen molar-refractivity contribution in [1.29, 1.82) is 5.26 Å². The molecule has 6 nitrogen and oxygen atoms in total. The zero-order valence-electron chi connectivity index (χ0n) is 15.4. The van der Waals surface area contributed by atoms with Gasteiger partial charge in [-0.25, -0.2) is 0 Å². The largest absolute Gasteiger partial charge is 0.466 e. The highest BCUT2D eigenvalue weighted by molar-refractivity contribution is 6.31. The predicted octanol–water partition coefficient (Wildman–Crippen LogP) is 2.68. The molecule has 1 fully saturated rings. The molecule has 1 amide bonds. The molecule has 7 heteroatoms. The highest BCUT2D eigenvalue weighted by Gasteiger charge is 2.29. The number of amides is 1. The van der Waals surface area contributed by atoms with Crippen LogP contribution in [0.25, 0.3) is 0 Å². The van der Waals surface area contributed by atoms with Gasteiger partial charge in [-0.2, -0.15) is 5.26 Å². The lowest BCUT2D eigenvalue weighted by molar-refractivity contribution is -0.150. The standard InChI is InChI=1S/C20H24ClN3O3/c1-2-27-20(26)16-8-11-24(12-9-16)19(25)17(13-22)14-23-10-7-15-5-3-4-6-18(15)21/h3-6,14,16,23H,2,7-12H2,1H3/b17-14-. The van der Waals surface area contributed by atoms with Gasteiger partial charge in [-0.1, -0.05) is 29.8 Å². The van der Waals surface area contributed by atoms with Crippen LogP contribution in [0, 0.1) is 17.2 Å². The molecular weight excluding hydrogens is 366 g/mol. The Kier molecular flexibility index (Phi) is 8.15. The van der Waals surface area contributed by atoms with Crippen LogP contribution in [-0.2, 0) is 20.7 Å². The summed E-state index contributed by atoms with van der Waals surface area (Å²) in [5, 5.41) is 13.0. The van der Waals surface area contributed by atoms with E-state index in [4.69, 9.17) is 16.3 Å². The number of halogens is 1. The minimum Gasteiger partial charge on any atom is -0.466 e. The smallest absolute Gasteiger partial charge is 0.309 e. The number of benzene rings is 1. The Morgan fingerprint density at radius 3 is 2.70 bits per heavy atom. The highest BCUT2D eigenvalue weighted by atomic mass is 35.5. The number of hydrogen-bond donors (Lipinski definition) is 1. The fraction of sp³-hybridized carbons (Fsp3) is 0.450. The normalized spacial score (nSPS) is 15.1. The van der Waals surface area contributed by atoms with Crippen LogP contribution < -0.4 is 5.32 Å². The molecule has 0 saturated carbocycles. The third kappa shape index (κ3) is 6.00. The fourth-order valence-corrected chi connectivity index (χ4v) is 3.20. The maximum atomic E-state index is 12.5. The van der Waals surface area contributed by atoms with E-state index in [0.29, 0.717) is 50.5 Å². The summed E-state index contributed by atoms with van der Waals surface area (Å²) in [5.74, 6) is -0.691. The van der Waals surface area contributed by atoms with Crippen molar-refractivity contribution < 1.29 is 14.3 Å². The first-order chi connectivity index (χ1) is 13.1. The Hall–Kier alpha value is -2.52. The molecule has 0 radical (unpaired) electrons. The average Bonchev–Trinajstić information content (AvgIpc) is 2.69. The third-order valence-electron chi connectivity index (χ3n) is 4.50. The maximum absolute atomic E-state index is 12.5. The number of rotatable bonds is 7. The van der Waals surface area contributed by atoms with Crippen molar-refractivity contribution in [1.82, 2.24) is 10.2 Å². The SMILES string of the molecule is CCOC(=O)C1CCN(C(=O)/C(C#N)=C\NCCc2ccccc2Cl)CC1. The summed E-state index contributed by atoms with van der Waals surface area (Å²) in [6, 6.07) is 9.52. The Labute approximate surface area is 164 Å². The van der Waals surface area contributed by atoms with Gasteiger partial charge in [-0.15, -0.1) is 0 Å². The lowest BCUT2D eigenvalue weighted by atomic mass is 9.96. The Bertz CT molecular complexity index is 734. The van der Waals surface area contributed by atoms with E-state index >= 15 is 0 Å². The molecule has 0 bridgehead atoms. The van der Waals surface area contributed by atoms with Crippen LogP contribution in [0.2, 0.25) is 5.02 Å². The minimum atomic E-state index is -0.315. The summed E-state index contributed by atoms with van der Waals surface area (Å²) < 4.78 is 5.03. The van der Waals surface area contributed by atoms with E-state index in [9.17, 15) is 14.9 Å². The van der Waals surface area contributed by atoms with Crippen molar-refractivity contribution in [3.05, 3.63) is 46.6 Å². The van der Waals surface area contributed by atoms with Gasteiger partial charge in [0.25, 0.3) is 5.91 Å². The second-order valence-corrected chi connectivity index (χ2v) is 6.69. The number of esters is 1. The number of carbonyl (C=O) groups excluding carboxylic acids is 2. The topological polar surface area (TPSA) is 82.4 Å². The number of hydrogen-bond acceptors (Lipinski definition) is 5. The van der Waals surface area contributed by atoms with Crippen molar-refractivity contribution >= 4 is 23.5 Å². The Morgan fingerprint density at radius 1 is 1.37 bits per heavy atom. The summed E-state index contributed by atoms with van der Waals surface area (Å²) in [4.78, 5) is 25.9. The van der Waals surface area contributed by atoms with Crippen molar-refractivity contribution in [2.45, 2.75) is 26.2 Å². The molecule has 1 saturated heterocycles. The number of nitrogens with zero attached hydrogens (tertiary/aromatic N) is 2. The van der Waals surface area contributed by atoms with Crippen LogP contribution in [0.3, 0.4) is 0 Å². The fourth-order valence-electron chi connectivity index (χ4n) is 2.97. The molecule has 0 aromatic heterocycles. The third-order valence-corrected chi connectivity index (χ3v) is 4.86. The molecule has 0 unspecified atom stereocenters. The average molecular weight is 390 g/mol. The summed E-state index contributed by atoms with van der Waals surface area (Å²) in [5.41, 5.74) is 1.06. The number of ether oxygens (including phenoxy) is 1. The second kappa shape index (κ2) is 10.6. The van der Waals surface area contributed by atoms with Gasteiger partial charge in [0.1, 0.15) is 11.6 Å². The van der Waals surface area contributed by atoms with Gasteiger partial charge in [0, 0.05) is 30.9 Å². The molecule has 144 valence electrons. The predicted molar refractivity (Wildman–Crippen MR) is 103 cm³/mol. The van der Waals surface area contributed by atoms with Crippen LogP contribution in [0.15, 0.2) is 36.0 Å². The number of nitrogens with one attached hydrogen (secondary N) is 1. The molecular formula is C20H24ClN3O3. The van der Waals surface area contributed by atoms with Crippen LogP contribution in [0.5, 0.6) is 0 Å². The first-order valence-corrected chi connectivity index (χ1v) is 9.47. The van der Waals surface area contributed by atoms with Gasteiger partial charge in [0.15, 0.2) is 0 Å². The molecule has 0 spiro atoms. The van der Waals surface area contributed by atoms with Crippen molar-refractivity contribution in [3.63, 3.8) is 0 Å². The quantitative estimate of drug-likeness (QED) is 0.335. The number of likely N-dealkylation sites (tertiary alicyclic amines) is 1. The van der Waals surface area contributed by atoms with Gasteiger partial charge >= 0.3 is 5.97 Å². The van der Waals surface area contributed by atoms with Crippen LogP contribution in [0.1, 0.15) is 25.3 Å². The lowest BCUT2D eigenvalue weighted by Crippen LogP contribution is -2.41. The molecule has 0 atom stereocenters. The monoisotopic (exact) mass is 389 g/mol. The zero-order valence-corrected chi connectivity index (χ0v) is 16.2. The number of carbonyl (C=O) groups is 2. The number of piperidine rings is 1. The van der Waals surface area contributed by atoms with Gasteiger partial charge in [0.2, 0.25) is 0 Å². The van der Waals surface area contributed by atoms with Crippen molar-refractivity contribution in [3.8, 4) is 6.07 Å². The second-order valence-electron chi connectivity index (χ2n) is 6.28. The molecule has 1 aromatic rings. The summed E-state index contributed by atoms with van der Waals surface area (Å²) in [6.07, 6.45) is 3.26. The lowest BCUT2D eigenvalue weighted by Gasteiger charge is -2.30. The highest BCUT2D eigenvalue weighted by Crippen LogP contribution is 2.20. The first kappa shape index (κ1) is 20.8. The maximum Gasteiger partial charge on any atom is 0.309 e. The van der Waals surface area contributed by atoms with Crippen LogP contribution >= 0.6 is 11.6 Å². The summed E-state index contributed by atoms with van der Waals surface area (Å²) in [7, 11) is 0. The van der Waals surface area contributed by atoms with E-state index < -0.39 is 0 Å². The Balaban J connectivity index is 1.83. The van der Waals surface area contributed by atoms with E-state index in [2.05, 4.69) is 5.32 Å². The Morgan fingerprint density at radius 2 is 2.07 bits per heavy atom. The molecule has 1 aromatic carbocycles. The molecule has 1 aliphatic heterocycles. The number of nitriles is 1. The molecule has 27 heavy (non-hydrogen) atoms. The van der Waals surface area contributed by atoms with E-state index in [1.54, 1.807) is 11.8 Å². The van der Waals surface area contributed by atoms with Gasteiger partial charge in [-0.05, 0) is 37.8 Å². The van der Waals surface area contributed by atoms with Gasteiger partial charge in [0.05, 0.1) is 12.5 Å². The van der Waals surface area contributed by atoms with E-state index in [1.165, 1.54) is 6.20 Å². The first-order valence-electron chi connectivity index (χ1n) is 9.09.